The van der Waals surface area contributed by atoms with Crippen molar-refractivity contribution in [2.45, 2.75) is 72.1 Å². The van der Waals surface area contributed by atoms with Gasteiger partial charge in [-0.05, 0) is 41.1 Å². The Morgan fingerprint density at radius 2 is 1.81 bits per heavy atom. The van der Waals surface area contributed by atoms with Crippen LogP contribution in [0.25, 0.3) is 0 Å². The third kappa shape index (κ3) is 6.41. The van der Waals surface area contributed by atoms with Crippen LogP contribution < -0.4 is 5.30 Å². The fourth-order valence-electron chi connectivity index (χ4n) is 3.91. The number of esters is 1. The van der Waals surface area contributed by atoms with Gasteiger partial charge in [0.2, 0.25) is 0 Å². The van der Waals surface area contributed by atoms with Crippen molar-refractivity contribution in [2.75, 3.05) is 6.16 Å². The molecule has 0 aromatic heterocycles. The number of carbonyl (C=O) groups excluding carboxylic acids is 1. The normalized spacial score (nSPS) is 24.7. The zero-order valence-electron chi connectivity index (χ0n) is 17.4. The fourth-order valence-corrected chi connectivity index (χ4v) is 6.21. The standard InChI is InChI=1S/C22H35O2P.B/c1-16(2)19-13-12-17(3)14-20(19)24-21(23)15-25(22(4,5)6)18-10-8-7-9-11-18;/h7-11,16-17,19-20H,12-15H2,1-6H3;/t17-,19+,20-,25?;/m1./s1. The highest BCUT2D eigenvalue weighted by molar-refractivity contribution is 7.67. The Bertz CT molecular complexity index is 553. The molecule has 3 radical (unpaired) electrons. The molecular weight excluding hydrogens is 338 g/mol. The zero-order valence-corrected chi connectivity index (χ0v) is 18.3. The number of carbonyl (C=O) groups is 1. The van der Waals surface area contributed by atoms with Crippen molar-refractivity contribution in [2.24, 2.45) is 17.8 Å². The molecule has 0 saturated heterocycles. The van der Waals surface area contributed by atoms with E-state index in [9.17, 15) is 4.79 Å². The molecule has 1 saturated carbocycles. The van der Waals surface area contributed by atoms with Gasteiger partial charge in [0.15, 0.2) is 0 Å². The van der Waals surface area contributed by atoms with Crippen LogP contribution in [0.2, 0.25) is 0 Å². The fraction of sp³-hybridized carbons (Fsp3) is 0.682. The molecule has 1 fully saturated rings. The molecule has 2 nitrogen and oxygen atoms in total. The molecule has 2 rings (SSSR count). The topological polar surface area (TPSA) is 26.3 Å². The van der Waals surface area contributed by atoms with E-state index >= 15 is 0 Å². The Balaban J connectivity index is 0.00000338. The number of hydrogen-bond donors (Lipinski definition) is 0. The van der Waals surface area contributed by atoms with Crippen LogP contribution in [0.1, 0.15) is 60.8 Å². The highest BCUT2D eigenvalue weighted by Crippen LogP contribution is 2.48. The van der Waals surface area contributed by atoms with E-state index in [4.69, 9.17) is 4.74 Å². The van der Waals surface area contributed by atoms with Gasteiger partial charge in [0.1, 0.15) is 6.10 Å². The molecule has 0 spiro atoms. The molecule has 0 amide bonds. The van der Waals surface area contributed by atoms with Crippen molar-refractivity contribution in [3.63, 3.8) is 0 Å². The lowest BCUT2D eigenvalue weighted by Crippen LogP contribution is -2.37. The quantitative estimate of drug-likeness (QED) is 0.402. The Hall–Kier alpha value is -0.815. The predicted octanol–water partition coefficient (Wildman–Crippen LogP) is 5.22. The Morgan fingerprint density at radius 1 is 1.19 bits per heavy atom. The van der Waals surface area contributed by atoms with E-state index in [0.29, 0.717) is 23.9 Å². The second-order valence-corrected chi connectivity index (χ2v) is 12.0. The van der Waals surface area contributed by atoms with E-state index < -0.39 is 7.92 Å². The van der Waals surface area contributed by atoms with Gasteiger partial charge >= 0.3 is 5.97 Å². The molecule has 0 heterocycles. The summed E-state index contributed by atoms with van der Waals surface area (Å²) < 4.78 is 6.06. The third-order valence-corrected chi connectivity index (χ3v) is 8.52. The molecular formula is C22H35BO2P. The number of hydrogen-bond acceptors (Lipinski definition) is 2. The number of ether oxygens (including phenoxy) is 1. The molecule has 26 heavy (non-hydrogen) atoms. The second-order valence-electron chi connectivity index (χ2n) is 8.95. The summed E-state index contributed by atoms with van der Waals surface area (Å²) in [5.41, 5.74) is 0. The van der Waals surface area contributed by atoms with Gasteiger partial charge in [-0.1, -0.05) is 86.2 Å². The van der Waals surface area contributed by atoms with Crippen LogP contribution >= 0.6 is 7.92 Å². The summed E-state index contributed by atoms with van der Waals surface area (Å²) in [6.07, 6.45) is 4.09. The maximum Gasteiger partial charge on any atom is 0.310 e. The minimum atomic E-state index is -0.578. The van der Waals surface area contributed by atoms with E-state index in [1.54, 1.807) is 0 Å². The van der Waals surface area contributed by atoms with Crippen LogP contribution in [-0.4, -0.2) is 31.8 Å². The van der Waals surface area contributed by atoms with Crippen molar-refractivity contribution < 1.29 is 9.53 Å². The van der Waals surface area contributed by atoms with Crippen LogP contribution in [0.5, 0.6) is 0 Å². The van der Waals surface area contributed by atoms with Gasteiger partial charge in [0, 0.05) is 8.41 Å². The maximum atomic E-state index is 12.8. The summed E-state index contributed by atoms with van der Waals surface area (Å²) in [4.78, 5) is 12.8. The van der Waals surface area contributed by atoms with Gasteiger partial charge < -0.3 is 4.74 Å². The molecule has 4 atom stereocenters. The number of benzene rings is 1. The Labute approximate surface area is 163 Å². The lowest BCUT2D eigenvalue weighted by Gasteiger charge is -2.37. The van der Waals surface area contributed by atoms with E-state index in [-0.39, 0.29) is 25.6 Å². The summed E-state index contributed by atoms with van der Waals surface area (Å²) in [6.45, 7) is 13.5. The molecule has 1 aromatic rings. The SMILES string of the molecule is CC(C)[C@@H]1CC[C@@H](C)C[C@H]1OC(=O)CP(c1ccccc1)C(C)(C)C.[B]. The van der Waals surface area contributed by atoms with Crippen LogP contribution in [-0.2, 0) is 9.53 Å². The van der Waals surface area contributed by atoms with Gasteiger partial charge in [-0.2, -0.15) is 0 Å². The molecule has 4 heteroatoms. The van der Waals surface area contributed by atoms with Crippen LogP contribution in [0, 0.1) is 17.8 Å². The average Bonchev–Trinajstić information content (AvgIpc) is 2.52. The summed E-state index contributed by atoms with van der Waals surface area (Å²) in [5, 5.41) is 1.38. The van der Waals surface area contributed by atoms with Gasteiger partial charge in [-0.15, -0.1) is 0 Å². The van der Waals surface area contributed by atoms with E-state index in [0.717, 1.165) is 6.42 Å². The van der Waals surface area contributed by atoms with Crippen molar-refractivity contribution in [3.05, 3.63) is 30.3 Å². The van der Waals surface area contributed by atoms with E-state index in [1.165, 1.54) is 18.1 Å². The van der Waals surface area contributed by atoms with Gasteiger partial charge in [-0.25, -0.2) is 0 Å². The highest BCUT2D eigenvalue weighted by atomic mass is 31.1. The first-order valence-electron chi connectivity index (χ1n) is 9.70. The number of rotatable bonds is 5. The first kappa shape index (κ1) is 23.2. The van der Waals surface area contributed by atoms with Gasteiger partial charge in [0.05, 0.1) is 6.16 Å². The Morgan fingerprint density at radius 3 is 2.35 bits per heavy atom. The third-order valence-electron chi connectivity index (χ3n) is 5.41. The van der Waals surface area contributed by atoms with E-state index in [1.807, 2.05) is 6.07 Å². The molecule has 0 bridgehead atoms. The molecule has 0 N–H and O–H groups in total. The Kier molecular flexibility index (Phi) is 8.87. The zero-order chi connectivity index (χ0) is 18.6. The summed E-state index contributed by atoms with van der Waals surface area (Å²) in [5.74, 6) is 1.74. The molecule has 1 aliphatic rings. The van der Waals surface area contributed by atoms with Gasteiger partial charge in [0.25, 0.3) is 0 Å². The smallest absolute Gasteiger partial charge is 0.310 e. The molecule has 143 valence electrons. The molecule has 1 aliphatic carbocycles. The molecule has 1 aromatic carbocycles. The van der Waals surface area contributed by atoms with Crippen molar-refractivity contribution in [1.82, 2.24) is 0 Å². The van der Waals surface area contributed by atoms with Gasteiger partial charge in [-0.3, -0.25) is 4.79 Å². The summed E-state index contributed by atoms with van der Waals surface area (Å²) >= 11 is 0. The summed E-state index contributed by atoms with van der Waals surface area (Å²) in [6, 6.07) is 10.5. The average molecular weight is 373 g/mol. The van der Waals surface area contributed by atoms with Crippen LogP contribution in [0.4, 0.5) is 0 Å². The highest BCUT2D eigenvalue weighted by Gasteiger charge is 2.35. The molecule has 1 unspecified atom stereocenters. The summed E-state index contributed by atoms with van der Waals surface area (Å²) in [7, 11) is -0.578. The first-order chi connectivity index (χ1) is 11.7. The largest absolute Gasteiger partial charge is 0.462 e. The van der Waals surface area contributed by atoms with Crippen LogP contribution in [0.15, 0.2) is 30.3 Å². The minimum absolute atomic E-state index is 0. The van der Waals surface area contributed by atoms with Crippen molar-refractivity contribution in [3.8, 4) is 0 Å². The molecule has 0 aliphatic heterocycles. The monoisotopic (exact) mass is 373 g/mol. The lowest BCUT2D eigenvalue weighted by atomic mass is 9.75. The van der Waals surface area contributed by atoms with Crippen molar-refractivity contribution >= 4 is 27.6 Å². The van der Waals surface area contributed by atoms with E-state index in [2.05, 4.69) is 65.8 Å². The minimum Gasteiger partial charge on any atom is -0.462 e. The lowest BCUT2D eigenvalue weighted by molar-refractivity contribution is -0.152. The second kappa shape index (κ2) is 9.93. The predicted molar refractivity (Wildman–Crippen MR) is 115 cm³/mol. The first-order valence-corrected chi connectivity index (χ1v) is 11.2. The maximum absolute atomic E-state index is 12.8. The van der Waals surface area contributed by atoms with Crippen LogP contribution in [0.3, 0.4) is 0 Å². The van der Waals surface area contributed by atoms with Crippen molar-refractivity contribution in [1.29, 1.82) is 0 Å².